The standard InChI is InChI=1S/C15H13NO2/c1-15(17,11-16)18-14-10-6-5-9-13(14)12-7-3-2-4-8-12/h2-10,17H,1H3. The zero-order valence-electron chi connectivity index (χ0n) is 10.00. The van der Waals surface area contributed by atoms with Crippen LogP contribution in [0.25, 0.3) is 11.1 Å². The second-order valence-electron chi connectivity index (χ2n) is 4.06. The molecule has 1 N–H and O–H groups in total. The van der Waals surface area contributed by atoms with Crippen molar-refractivity contribution < 1.29 is 9.84 Å². The molecule has 0 amide bonds. The maximum atomic E-state index is 9.66. The van der Waals surface area contributed by atoms with E-state index in [0.29, 0.717) is 5.75 Å². The Labute approximate surface area is 106 Å². The summed E-state index contributed by atoms with van der Waals surface area (Å²) in [6.07, 6.45) is 0. The lowest BCUT2D eigenvalue weighted by Gasteiger charge is -2.19. The summed E-state index contributed by atoms with van der Waals surface area (Å²) in [6.45, 7) is 1.31. The van der Waals surface area contributed by atoms with Gasteiger partial charge >= 0.3 is 0 Å². The number of rotatable bonds is 3. The highest BCUT2D eigenvalue weighted by Gasteiger charge is 2.22. The van der Waals surface area contributed by atoms with Crippen LogP contribution in [0.1, 0.15) is 6.92 Å². The molecule has 2 aromatic carbocycles. The van der Waals surface area contributed by atoms with Gasteiger partial charge < -0.3 is 9.84 Å². The third kappa shape index (κ3) is 2.68. The average Bonchev–Trinajstić information content (AvgIpc) is 2.40. The first-order chi connectivity index (χ1) is 8.62. The Hall–Kier alpha value is -2.31. The molecule has 2 aromatic rings. The van der Waals surface area contributed by atoms with Gasteiger partial charge in [-0.25, -0.2) is 0 Å². The van der Waals surface area contributed by atoms with Gasteiger partial charge in [-0.2, -0.15) is 5.26 Å². The van der Waals surface area contributed by atoms with Crippen LogP contribution in [0.3, 0.4) is 0 Å². The van der Waals surface area contributed by atoms with Crippen LogP contribution in [0, 0.1) is 11.3 Å². The first kappa shape index (κ1) is 12.2. The molecule has 0 heterocycles. The fourth-order valence-corrected chi connectivity index (χ4v) is 1.65. The molecule has 0 saturated heterocycles. The molecule has 0 radical (unpaired) electrons. The lowest BCUT2D eigenvalue weighted by atomic mass is 10.0. The van der Waals surface area contributed by atoms with E-state index in [1.165, 1.54) is 6.92 Å². The predicted molar refractivity (Wildman–Crippen MR) is 68.7 cm³/mol. The normalized spacial score (nSPS) is 13.4. The van der Waals surface area contributed by atoms with Gasteiger partial charge in [0.15, 0.2) is 0 Å². The van der Waals surface area contributed by atoms with E-state index in [1.54, 1.807) is 18.2 Å². The van der Waals surface area contributed by atoms with E-state index < -0.39 is 5.79 Å². The first-order valence-corrected chi connectivity index (χ1v) is 5.59. The molecule has 0 aliphatic carbocycles. The Morgan fingerprint density at radius 1 is 1.06 bits per heavy atom. The van der Waals surface area contributed by atoms with Crippen LogP contribution in [-0.2, 0) is 0 Å². The van der Waals surface area contributed by atoms with Crippen molar-refractivity contribution in [1.82, 2.24) is 0 Å². The summed E-state index contributed by atoms with van der Waals surface area (Å²) in [7, 11) is 0. The number of hydrogen-bond donors (Lipinski definition) is 1. The van der Waals surface area contributed by atoms with Gasteiger partial charge in [0, 0.05) is 12.5 Å². The minimum atomic E-state index is -1.83. The summed E-state index contributed by atoms with van der Waals surface area (Å²) in [4.78, 5) is 0. The summed E-state index contributed by atoms with van der Waals surface area (Å²) in [6, 6.07) is 18.7. The number of para-hydroxylation sites is 1. The maximum absolute atomic E-state index is 9.66. The molecule has 1 atom stereocenters. The van der Waals surface area contributed by atoms with E-state index in [-0.39, 0.29) is 0 Å². The molecule has 0 saturated carbocycles. The zero-order chi connectivity index (χ0) is 13.0. The molecule has 0 aliphatic rings. The maximum Gasteiger partial charge on any atom is 0.295 e. The van der Waals surface area contributed by atoms with Crippen LogP contribution in [-0.4, -0.2) is 10.9 Å². The highest BCUT2D eigenvalue weighted by molar-refractivity contribution is 5.70. The average molecular weight is 239 g/mol. The smallest absolute Gasteiger partial charge is 0.295 e. The van der Waals surface area contributed by atoms with Gasteiger partial charge in [0.1, 0.15) is 11.8 Å². The van der Waals surface area contributed by atoms with Gasteiger partial charge in [0.2, 0.25) is 0 Å². The van der Waals surface area contributed by atoms with Crippen LogP contribution in [0.2, 0.25) is 0 Å². The van der Waals surface area contributed by atoms with Gasteiger partial charge in [-0.15, -0.1) is 0 Å². The number of nitriles is 1. The summed E-state index contributed by atoms with van der Waals surface area (Å²) in [5, 5.41) is 18.5. The highest BCUT2D eigenvalue weighted by atomic mass is 16.6. The largest absolute Gasteiger partial charge is 0.449 e. The van der Waals surface area contributed by atoms with E-state index >= 15 is 0 Å². The Kier molecular flexibility index (Phi) is 3.31. The summed E-state index contributed by atoms with van der Waals surface area (Å²) >= 11 is 0. The van der Waals surface area contributed by atoms with Crippen LogP contribution >= 0.6 is 0 Å². The Bertz CT molecular complexity index is 571. The molecule has 0 aliphatic heterocycles. The zero-order valence-corrected chi connectivity index (χ0v) is 10.00. The van der Waals surface area contributed by atoms with Crippen molar-refractivity contribution in [2.24, 2.45) is 0 Å². The number of benzene rings is 2. The van der Waals surface area contributed by atoms with E-state index in [1.807, 2.05) is 42.5 Å². The molecule has 3 heteroatoms. The quantitative estimate of drug-likeness (QED) is 0.661. The number of hydrogen-bond acceptors (Lipinski definition) is 3. The molecule has 90 valence electrons. The fourth-order valence-electron chi connectivity index (χ4n) is 1.65. The molecule has 1 unspecified atom stereocenters. The monoisotopic (exact) mass is 239 g/mol. The summed E-state index contributed by atoms with van der Waals surface area (Å²) in [5.74, 6) is -1.35. The molecule has 0 aromatic heterocycles. The second-order valence-corrected chi connectivity index (χ2v) is 4.06. The minimum absolute atomic E-state index is 0.482. The molecule has 0 spiro atoms. The van der Waals surface area contributed by atoms with Crippen molar-refractivity contribution in [3.8, 4) is 22.9 Å². The van der Waals surface area contributed by atoms with E-state index in [4.69, 9.17) is 10.00 Å². The van der Waals surface area contributed by atoms with Crippen LogP contribution in [0.5, 0.6) is 5.75 Å². The topological polar surface area (TPSA) is 53.2 Å². The molecule has 3 nitrogen and oxygen atoms in total. The van der Waals surface area contributed by atoms with Crippen molar-refractivity contribution >= 4 is 0 Å². The van der Waals surface area contributed by atoms with Crippen molar-refractivity contribution in [3.63, 3.8) is 0 Å². The molecular formula is C15H13NO2. The first-order valence-electron chi connectivity index (χ1n) is 5.59. The summed E-state index contributed by atoms with van der Waals surface area (Å²) in [5.41, 5.74) is 1.82. The van der Waals surface area contributed by atoms with Gasteiger partial charge in [-0.1, -0.05) is 48.5 Å². The Balaban J connectivity index is 2.42. The second kappa shape index (κ2) is 4.91. The molecule has 2 rings (SSSR count). The van der Waals surface area contributed by atoms with E-state index in [9.17, 15) is 5.11 Å². The third-order valence-electron chi connectivity index (χ3n) is 2.49. The Morgan fingerprint density at radius 3 is 2.33 bits per heavy atom. The van der Waals surface area contributed by atoms with E-state index in [2.05, 4.69) is 0 Å². The predicted octanol–water partition coefficient (Wildman–Crippen LogP) is 2.96. The Morgan fingerprint density at radius 2 is 1.67 bits per heavy atom. The number of ether oxygens (including phenoxy) is 1. The molecule has 0 fully saturated rings. The molecular weight excluding hydrogens is 226 g/mol. The van der Waals surface area contributed by atoms with Gasteiger partial charge in [-0.3, -0.25) is 0 Å². The van der Waals surface area contributed by atoms with Gasteiger partial charge in [0.25, 0.3) is 5.79 Å². The molecule has 18 heavy (non-hydrogen) atoms. The van der Waals surface area contributed by atoms with Crippen molar-refractivity contribution in [3.05, 3.63) is 54.6 Å². The lowest BCUT2D eigenvalue weighted by Crippen LogP contribution is -2.29. The minimum Gasteiger partial charge on any atom is -0.449 e. The van der Waals surface area contributed by atoms with Gasteiger partial charge in [0.05, 0.1) is 0 Å². The number of aliphatic hydroxyl groups is 1. The SMILES string of the molecule is CC(O)(C#N)Oc1ccccc1-c1ccccc1. The van der Waals surface area contributed by atoms with Crippen molar-refractivity contribution in [2.45, 2.75) is 12.7 Å². The van der Waals surface area contributed by atoms with E-state index in [0.717, 1.165) is 11.1 Å². The van der Waals surface area contributed by atoms with Crippen LogP contribution in [0.15, 0.2) is 54.6 Å². The van der Waals surface area contributed by atoms with Crippen LogP contribution in [0.4, 0.5) is 0 Å². The number of nitrogens with zero attached hydrogens (tertiary/aromatic N) is 1. The van der Waals surface area contributed by atoms with Crippen molar-refractivity contribution in [1.29, 1.82) is 5.26 Å². The highest BCUT2D eigenvalue weighted by Crippen LogP contribution is 2.31. The lowest BCUT2D eigenvalue weighted by molar-refractivity contribution is -0.0698. The molecule has 0 bridgehead atoms. The summed E-state index contributed by atoms with van der Waals surface area (Å²) < 4.78 is 5.33. The fraction of sp³-hybridized carbons (Fsp3) is 0.133. The third-order valence-corrected chi connectivity index (χ3v) is 2.49. The van der Waals surface area contributed by atoms with Crippen molar-refractivity contribution in [2.75, 3.05) is 0 Å². The van der Waals surface area contributed by atoms with Crippen LogP contribution < -0.4 is 4.74 Å². The van der Waals surface area contributed by atoms with Gasteiger partial charge in [-0.05, 0) is 11.6 Å².